The van der Waals surface area contributed by atoms with Gasteiger partial charge in [-0.25, -0.2) is 9.97 Å². The van der Waals surface area contributed by atoms with Gasteiger partial charge in [0.25, 0.3) is 0 Å². The topological polar surface area (TPSA) is 55.0 Å². The van der Waals surface area contributed by atoms with Gasteiger partial charge in [0.2, 0.25) is 5.95 Å². The molecule has 1 aromatic heterocycles. The van der Waals surface area contributed by atoms with E-state index in [1.165, 1.54) is 5.56 Å². The fourth-order valence-electron chi connectivity index (χ4n) is 1.82. The van der Waals surface area contributed by atoms with Crippen molar-refractivity contribution in [3.8, 4) is 0 Å². The van der Waals surface area contributed by atoms with Crippen LogP contribution in [-0.2, 0) is 6.54 Å². The lowest BCUT2D eigenvalue weighted by molar-refractivity contribution is 0.922. The average molecular weight is 242 g/mol. The first-order valence-corrected chi connectivity index (χ1v) is 5.95. The number of nitrogens with zero attached hydrogens (tertiary/aromatic N) is 3. The van der Waals surface area contributed by atoms with E-state index in [2.05, 4.69) is 29.0 Å². The summed E-state index contributed by atoms with van der Waals surface area (Å²) < 4.78 is 0. The van der Waals surface area contributed by atoms with Crippen LogP contribution in [0.2, 0.25) is 0 Å². The lowest BCUT2D eigenvalue weighted by Crippen LogP contribution is -2.15. The summed E-state index contributed by atoms with van der Waals surface area (Å²) in [5.41, 5.74) is 9.72. The zero-order chi connectivity index (χ0) is 13.1. The Morgan fingerprint density at radius 1 is 1.17 bits per heavy atom. The smallest absolute Gasteiger partial charge is 0.230 e. The lowest BCUT2D eigenvalue weighted by Gasteiger charge is -2.18. The molecular weight excluding hydrogens is 224 g/mol. The van der Waals surface area contributed by atoms with Gasteiger partial charge in [-0.15, -0.1) is 0 Å². The van der Waals surface area contributed by atoms with Crippen LogP contribution in [0.3, 0.4) is 0 Å². The first-order chi connectivity index (χ1) is 8.60. The summed E-state index contributed by atoms with van der Waals surface area (Å²) in [6, 6.07) is 10.2. The molecule has 0 bridgehead atoms. The maximum Gasteiger partial charge on any atom is 0.230 e. The van der Waals surface area contributed by atoms with Gasteiger partial charge in [0, 0.05) is 25.0 Å². The van der Waals surface area contributed by atoms with Gasteiger partial charge < -0.3 is 10.6 Å². The molecule has 0 spiro atoms. The van der Waals surface area contributed by atoms with Gasteiger partial charge in [0.15, 0.2) is 0 Å². The van der Waals surface area contributed by atoms with E-state index >= 15 is 0 Å². The third-order valence-corrected chi connectivity index (χ3v) is 2.79. The predicted octanol–water partition coefficient (Wildman–Crippen LogP) is 2.32. The minimum absolute atomic E-state index is 0.429. The molecule has 4 heteroatoms. The highest BCUT2D eigenvalue weighted by Crippen LogP contribution is 2.21. The molecule has 0 fully saturated rings. The fraction of sp³-hybridized carbons (Fsp3) is 0.286. The Bertz CT molecular complexity index is 551. The summed E-state index contributed by atoms with van der Waals surface area (Å²) in [4.78, 5) is 10.9. The Balaban J connectivity index is 2.39. The number of aryl methyl sites for hydroxylation is 2. The van der Waals surface area contributed by atoms with E-state index < -0.39 is 0 Å². The second-order valence-corrected chi connectivity index (χ2v) is 4.40. The minimum Gasteiger partial charge on any atom is -0.325 e. The standard InChI is InChI=1S/C14H18N4/c1-10-5-4-6-13(7-10)18(3)14-16-11(2)8-12(9-15)17-14/h4-8H,9,15H2,1-3H3. The Morgan fingerprint density at radius 3 is 2.61 bits per heavy atom. The normalized spacial score (nSPS) is 10.4. The molecule has 0 aliphatic carbocycles. The van der Waals surface area contributed by atoms with E-state index in [-0.39, 0.29) is 0 Å². The third kappa shape index (κ3) is 2.65. The third-order valence-electron chi connectivity index (χ3n) is 2.79. The first-order valence-electron chi connectivity index (χ1n) is 5.95. The fourth-order valence-corrected chi connectivity index (χ4v) is 1.82. The van der Waals surface area contributed by atoms with E-state index in [0.717, 1.165) is 17.1 Å². The molecule has 18 heavy (non-hydrogen) atoms. The van der Waals surface area contributed by atoms with E-state index in [0.29, 0.717) is 12.5 Å². The quantitative estimate of drug-likeness (QED) is 0.897. The highest BCUT2D eigenvalue weighted by Gasteiger charge is 2.08. The SMILES string of the molecule is Cc1cccc(N(C)c2nc(C)cc(CN)n2)c1. The summed E-state index contributed by atoms with van der Waals surface area (Å²) in [6.07, 6.45) is 0. The van der Waals surface area contributed by atoms with Crippen LogP contribution in [0.1, 0.15) is 17.0 Å². The van der Waals surface area contributed by atoms with Gasteiger partial charge >= 0.3 is 0 Å². The molecule has 4 nitrogen and oxygen atoms in total. The van der Waals surface area contributed by atoms with Crippen LogP contribution >= 0.6 is 0 Å². The number of aromatic nitrogens is 2. The summed E-state index contributed by atoms with van der Waals surface area (Å²) >= 11 is 0. The van der Waals surface area contributed by atoms with Crippen molar-refractivity contribution in [2.24, 2.45) is 5.73 Å². The van der Waals surface area contributed by atoms with Crippen molar-refractivity contribution in [1.82, 2.24) is 9.97 Å². The van der Waals surface area contributed by atoms with Crippen LogP contribution in [0, 0.1) is 13.8 Å². The zero-order valence-electron chi connectivity index (χ0n) is 11.0. The van der Waals surface area contributed by atoms with Gasteiger partial charge in [-0.2, -0.15) is 0 Å². The molecule has 0 radical (unpaired) electrons. The highest BCUT2D eigenvalue weighted by atomic mass is 15.2. The van der Waals surface area contributed by atoms with E-state index in [9.17, 15) is 0 Å². The van der Waals surface area contributed by atoms with Gasteiger partial charge in [-0.1, -0.05) is 12.1 Å². The second kappa shape index (κ2) is 5.14. The molecule has 0 saturated heterocycles. The largest absolute Gasteiger partial charge is 0.325 e. The summed E-state index contributed by atoms with van der Waals surface area (Å²) in [7, 11) is 1.96. The van der Waals surface area contributed by atoms with Crippen LogP contribution in [0.4, 0.5) is 11.6 Å². The minimum atomic E-state index is 0.429. The average Bonchev–Trinajstić information content (AvgIpc) is 2.37. The molecule has 0 saturated carbocycles. The zero-order valence-corrected chi connectivity index (χ0v) is 11.0. The van der Waals surface area contributed by atoms with Crippen molar-refractivity contribution in [3.05, 3.63) is 47.3 Å². The molecule has 2 rings (SSSR count). The van der Waals surface area contributed by atoms with Crippen molar-refractivity contribution in [3.63, 3.8) is 0 Å². The van der Waals surface area contributed by atoms with Crippen LogP contribution in [0.5, 0.6) is 0 Å². The van der Waals surface area contributed by atoms with Crippen molar-refractivity contribution in [2.45, 2.75) is 20.4 Å². The van der Waals surface area contributed by atoms with Crippen molar-refractivity contribution >= 4 is 11.6 Å². The maximum atomic E-state index is 5.64. The predicted molar refractivity (Wildman–Crippen MR) is 73.9 cm³/mol. The highest BCUT2D eigenvalue weighted by molar-refractivity contribution is 5.57. The Morgan fingerprint density at radius 2 is 1.94 bits per heavy atom. The van der Waals surface area contributed by atoms with Crippen LogP contribution < -0.4 is 10.6 Å². The summed E-state index contributed by atoms with van der Waals surface area (Å²) in [5.74, 6) is 0.682. The molecule has 1 aromatic carbocycles. The number of anilines is 2. The van der Waals surface area contributed by atoms with Crippen molar-refractivity contribution < 1.29 is 0 Å². The number of hydrogen-bond acceptors (Lipinski definition) is 4. The first kappa shape index (κ1) is 12.5. The van der Waals surface area contributed by atoms with Crippen molar-refractivity contribution in [2.75, 3.05) is 11.9 Å². The molecule has 0 aliphatic heterocycles. The number of benzene rings is 1. The van der Waals surface area contributed by atoms with E-state index in [1.54, 1.807) is 0 Å². The molecule has 0 amide bonds. The molecular formula is C14H18N4. The number of nitrogens with two attached hydrogens (primary N) is 1. The van der Waals surface area contributed by atoms with Gasteiger partial charge in [0.05, 0.1) is 5.69 Å². The van der Waals surface area contributed by atoms with E-state index in [4.69, 9.17) is 5.73 Å². The Kier molecular flexibility index (Phi) is 3.58. The molecule has 2 N–H and O–H groups in total. The maximum absolute atomic E-state index is 5.64. The van der Waals surface area contributed by atoms with Gasteiger partial charge in [-0.3, -0.25) is 0 Å². The monoisotopic (exact) mass is 242 g/mol. The molecule has 94 valence electrons. The molecule has 2 aromatic rings. The lowest BCUT2D eigenvalue weighted by atomic mass is 10.2. The van der Waals surface area contributed by atoms with Crippen molar-refractivity contribution in [1.29, 1.82) is 0 Å². The van der Waals surface area contributed by atoms with Crippen LogP contribution in [0.15, 0.2) is 30.3 Å². The van der Waals surface area contributed by atoms with Crippen LogP contribution in [0.25, 0.3) is 0 Å². The number of rotatable bonds is 3. The van der Waals surface area contributed by atoms with E-state index in [1.807, 2.05) is 37.1 Å². The molecule has 0 aliphatic rings. The number of hydrogen-bond donors (Lipinski definition) is 1. The molecule has 1 heterocycles. The molecule has 0 unspecified atom stereocenters. The van der Waals surface area contributed by atoms with Crippen LogP contribution in [-0.4, -0.2) is 17.0 Å². The molecule has 0 atom stereocenters. The van der Waals surface area contributed by atoms with Gasteiger partial charge in [0.1, 0.15) is 0 Å². The summed E-state index contributed by atoms with van der Waals surface area (Å²) in [6.45, 7) is 4.45. The van der Waals surface area contributed by atoms with Gasteiger partial charge in [-0.05, 0) is 37.6 Å². The Labute approximate surface area is 107 Å². The summed E-state index contributed by atoms with van der Waals surface area (Å²) in [5, 5.41) is 0. The second-order valence-electron chi connectivity index (χ2n) is 4.40. The Hall–Kier alpha value is -1.94.